The Labute approximate surface area is 144 Å². The molecule has 0 aliphatic carbocycles. The lowest BCUT2D eigenvalue weighted by Gasteiger charge is -2.10. The largest absolute Gasteiger partial charge is 0.381 e. The van der Waals surface area contributed by atoms with Crippen molar-refractivity contribution in [3.8, 4) is 0 Å². The maximum absolute atomic E-state index is 12.5. The SMILES string of the molecule is CC(=O)Nc1ccc(S(=O)(=O)Nc2nc3ccccc3nc2N)cc1. The lowest BCUT2D eigenvalue weighted by Crippen LogP contribution is -2.16. The number of rotatable bonds is 4. The number of benzene rings is 2. The zero-order valence-electron chi connectivity index (χ0n) is 13.2. The number of nitrogens with two attached hydrogens (primary N) is 1. The zero-order valence-corrected chi connectivity index (χ0v) is 14.0. The van der Waals surface area contributed by atoms with E-state index in [1.54, 1.807) is 24.3 Å². The highest BCUT2D eigenvalue weighted by Gasteiger charge is 2.17. The van der Waals surface area contributed by atoms with Crippen molar-refractivity contribution in [3.05, 3.63) is 48.5 Å². The van der Waals surface area contributed by atoms with Crippen molar-refractivity contribution in [2.45, 2.75) is 11.8 Å². The van der Waals surface area contributed by atoms with Gasteiger partial charge >= 0.3 is 0 Å². The first kappa shape index (κ1) is 16.7. The number of nitrogens with zero attached hydrogens (tertiary/aromatic N) is 2. The van der Waals surface area contributed by atoms with Gasteiger partial charge in [0.05, 0.1) is 15.9 Å². The van der Waals surface area contributed by atoms with Crippen molar-refractivity contribution in [3.63, 3.8) is 0 Å². The summed E-state index contributed by atoms with van der Waals surface area (Å²) in [6.45, 7) is 1.37. The monoisotopic (exact) mass is 357 g/mol. The number of hydrogen-bond acceptors (Lipinski definition) is 6. The highest BCUT2D eigenvalue weighted by Crippen LogP contribution is 2.22. The molecular weight excluding hydrogens is 342 g/mol. The summed E-state index contributed by atoms with van der Waals surface area (Å²) in [5.41, 5.74) is 7.39. The maximum atomic E-state index is 12.5. The Kier molecular flexibility index (Phi) is 4.24. The number of sulfonamides is 1. The van der Waals surface area contributed by atoms with Gasteiger partial charge in [-0.2, -0.15) is 0 Å². The minimum atomic E-state index is -3.89. The van der Waals surface area contributed by atoms with Crippen molar-refractivity contribution < 1.29 is 13.2 Å². The molecule has 0 atom stereocenters. The molecule has 25 heavy (non-hydrogen) atoms. The second-order valence-electron chi connectivity index (χ2n) is 5.26. The van der Waals surface area contributed by atoms with Crippen LogP contribution in [0.2, 0.25) is 0 Å². The number of nitrogens with one attached hydrogen (secondary N) is 2. The van der Waals surface area contributed by atoms with E-state index >= 15 is 0 Å². The minimum absolute atomic E-state index is 0.0101. The number of aromatic nitrogens is 2. The highest BCUT2D eigenvalue weighted by molar-refractivity contribution is 7.92. The first-order chi connectivity index (χ1) is 11.8. The number of hydrogen-bond donors (Lipinski definition) is 3. The molecule has 0 aliphatic heterocycles. The lowest BCUT2D eigenvalue weighted by atomic mass is 10.3. The zero-order chi connectivity index (χ0) is 18.0. The third-order valence-corrected chi connectivity index (χ3v) is 4.67. The van der Waals surface area contributed by atoms with E-state index in [0.717, 1.165) is 0 Å². The van der Waals surface area contributed by atoms with Crippen molar-refractivity contribution in [1.29, 1.82) is 0 Å². The number of fused-ring (bicyclic) bond motifs is 1. The average molecular weight is 357 g/mol. The fourth-order valence-corrected chi connectivity index (χ4v) is 3.21. The van der Waals surface area contributed by atoms with Crippen LogP contribution in [0.5, 0.6) is 0 Å². The summed E-state index contributed by atoms with van der Waals surface area (Å²) in [4.78, 5) is 19.4. The number of carbonyl (C=O) groups excluding carboxylic acids is 1. The molecular formula is C16H15N5O3S. The summed E-state index contributed by atoms with van der Waals surface area (Å²) in [5.74, 6) is -0.297. The van der Waals surface area contributed by atoms with Gasteiger partial charge < -0.3 is 11.1 Å². The number of anilines is 3. The van der Waals surface area contributed by atoms with Crippen LogP contribution in [0, 0.1) is 0 Å². The van der Waals surface area contributed by atoms with E-state index in [0.29, 0.717) is 16.7 Å². The van der Waals surface area contributed by atoms with Gasteiger partial charge in [0, 0.05) is 12.6 Å². The van der Waals surface area contributed by atoms with Crippen LogP contribution in [0.1, 0.15) is 6.92 Å². The number of carbonyl (C=O) groups is 1. The molecule has 1 heterocycles. The van der Waals surface area contributed by atoms with Crippen molar-refractivity contribution in [2.24, 2.45) is 0 Å². The van der Waals surface area contributed by atoms with Crippen LogP contribution in [0.3, 0.4) is 0 Å². The molecule has 3 rings (SSSR count). The molecule has 1 aromatic heterocycles. The molecule has 2 aromatic carbocycles. The van der Waals surface area contributed by atoms with Gasteiger partial charge in [0.1, 0.15) is 0 Å². The van der Waals surface area contributed by atoms with Crippen LogP contribution in [0.15, 0.2) is 53.4 Å². The van der Waals surface area contributed by atoms with Crippen LogP contribution in [-0.4, -0.2) is 24.3 Å². The van der Waals surface area contributed by atoms with Crippen LogP contribution >= 0.6 is 0 Å². The van der Waals surface area contributed by atoms with E-state index in [9.17, 15) is 13.2 Å². The third kappa shape index (κ3) is 3.66. The Morgan fingerprint density at radius 2 is 1.60 bits per heavy atom. The molecule has 0 saturated heterocycles. The standard InChI is InChI=1S/C16H15N5O3S/c1-10(22)18-11-6-8-12(9-7-11)25(23,24)21-16-15(17)19-13-4-2-3-5-14(13)20-16/h2-9H,1H3,(H2,17,19)(H,18,22)(H,20,21). The van der Waals surface area contributed by atoms with E-state index in [1.807, 2.05) is 0 Å². The van der Waals surface area contributed by atoms with Crippen LogP contribution in [-0.2, 0) is 14.8 Å². The number of amides is 1. The molecule has 0 saturated carbocycles. The molecule has 9 heteroatoms. The van der Waals surface area contributed by atoms with Crippen LogP contribution < -0.4 is 15.8 Å². The second-order valence-corrected chi connectivity index (χ2v) is 6.94. The Hall–Kier alpha value is -3.20. The fourth-order valence-electron chi connectivity index (χ4n) is 2.20. The smallest absolute Gasteiger partial charge is 0.263 e. The van der Waals surface area contributed by atoms with Gasteiger partial charge in [-0.3, -0.25) is 9.52 Å². The van der Waals surface area contributed by atoms with Gasteiger partial charge in [-0.25, -0.2) is 18.4 Å². The topological polar surface area (TPSA) is 127 Å². The lowest BCUT2D eigenvalue weighted by molar-refractivity contribution is -0.114. The van der Waals surface area contributed by atoms with Crippen LogP contribution in [0.4, 0.5) is 17.3 Å². The molecule has 8 nitrogen and oxygen atoms in total. The molecule has 4 N–H and O–H groups in total. The molecule has 0 spiro atoms. The predicted molar refractivity (Wildman–Crippen MR) is 95.5 cm³/mol. The molecule has 0 radical (unpaired) electrons. The number of nitrogen functional groups attached to an aromatic ring is 1. The van der Waals surface area contributed by atoms with Crippen molar-refractivity contribution in [2.75, 3.05) is 15.8 Å². The molecule has 0 fully saturated rings. The quantitative estimate of drug-likeness (QED) is 0.655. The van der Waals surface area contributed by atoms with E-state index in [4.69, 9.17) is 5.73 Å². The Morgan fingerprint density at radius 3 is 2.20 bits per heavy atom. The van der Waals surface area contributed by atoms with Gasteiger partial charge in [0.2, 0.25) is 5.91 Å². The summed E-state index contributed by atoms with van der Waals surface area (Å²) in [6, 6.07) is 12.7. The summed E-state index contributed by atoms with van der Waals surface area (Å²) >= 11 is 0. The van der Waals surface area contributed by atoms with Crippen molar-refractivity contribution >= 4 is 44.3 Å². The summed E-state index contributed by atoms with van der Waals surface area (Å²) in [7, 11) is -3.89. The average Bonchev–Trinajstić information content (AvgIpc) is 2.55. The first-order valence-electron chi connectivity index (χ1n) is 7.28. The maximum Gasteiger partial charge on any atom is 0.263 e. The van der Waals surface area contributed by atoms with Gasteiger partial charge in [0.25, 0.3) is 10.0 Å². The summed E-state index contributed by atoms with van der Waals surface area (Å²) < 4.78 is 27.3. The molecule has 0 aliphatic rings. The van der Waals surface area contributed by atoms with E-state index < -0.39 is 10.0 Å². The van der Waals surface area contributed by atoms with E-state index in [2.05, 4.69) is 20.0 Å². The summed E-state index contributed by atoms with van der Waals surface area (Å²) in [5, 5.41) is 2.57. The van der Waals surface area contributed by atoms with Crippen molar-refractivity contribution in [1.82, 2.24) is 9.97 Å². The van der Waals surface area contributed by atoms with E-state index in [-0.39, 0.29) is 22.4 Å². The molecule has 0 unspecified atom stereocenters. The molecule has 1 amide bonds. The van der Waals surface area contributed by atoms with Gasteiger partial charge in [-0.05, 0) is 36.4 Å². The van der Waals surface area contributed by atoms with Gasteiger partial charge in [0.15, 0.2) is 11.6 Å². The van der Waals surface area contributed by atoms with Gasteiger partial charge in [-0.1, -0.05) is 12.1 Å². The fraction of sp³-hybridized carbons (Fsp3) is 0.0625. The molecule has 3 aromatic rings. The highest BCUT2D eigenvalue weighted by atomic mass is 32.2. The Balaban J connectivity index is 1.91. The Morgan fingerprint density at radius 1 is 1.00 bits per heavy atom. The van der Waals surface area contributed by atoms with Crippen LogP contribution in [0.25, 0.3) is 11.0 Å². The third-order valence-electron chi connectivity index (χ3n) is 3.31. The minimum Gasteiger partial charge on any atom is -0.381 e. The van der Waals surface area contributed by atoms with E-state index in [1.165, 1.54) is 31.2 Å². The Bertz CT molecular complexity index is 1050. The predicted octanol–water partition coefficient (Wildman–Crippen LogP) is 1.97. The van der Waals surface area contributed by atoms with Gasteiger partial charge in [-0.15, -0.1) is 0 Å². The second kappa shape index (κ2) is 6.36. The first-order valence-corrected chi connectivity index (χ1v) is 8.76. The summed E-state index contributed by atoms with van der Waals surface area (Å²) in [6.07, 6.45) is 0. The normalized spacial score (nSPS) is 11.2. The molecule has 128 valence electrons. The molecule has 0 bridgehead atoms. The number of para-hydroxylation sites is 2.